The standard InChI is InChI=1S/C13H14BrF3N2O/c14-8-4-7(13(15,16)17)5-9(6-8)19-12(20)10-2-1-3-11(10)18/h4-6,10-11H,1-3,18H2,(H,19,20). The fraction of sp³-hybridized carbons (Fsp3) is 0.462. The van der Waals surface area contributed by atoms with Crippen molar-refractivity contribution in [2.45, 2.75) is 31.5 Å². The summed E-state index contributed by atoms with van der Waals surface area (Å²) in [5.74, 6) is -0.649. The van der Waals surface area contributed by atoms with Crippen LogP contribution in [-0.2, 0) is 11.0 Å². The fourth-order valence-electron chi connectivity index (χ4n) is 2.37. The van der Waals surface area contributed by atoms with Crippen LogP contribution in [0.2, 0.25) is 0 Å². The van der Waals surface area contributed by atoms with Crippen LogP contribution in [0.15, 0.2) is 22.7 Å². The Morgan fingerprint density at radius 3 is 2.55 bits per heavy atom. The van der Waals surface area contributed by atoms with E-state index in [1.54, 1.807) is 0 Å². The molecule has 7 heteroatoms. The third kappa shape index (κ3) is 3.52. The van der Waals surface area contributed by atoms with Gasteiger partial charge >= 0.3 is 6.18 Å². The molecule has 0 saturated heterocycles. The van der Waals surface area contributed by atoms with Crippen molar-refractivity contribution in [1.29, 1.82) is 0 Å². The van der Waals surface area contributed by atoms with Gasteiger partial charge in [-0.15, -0.1) is 0 Å². The zero-order chi connectivity index (χ0) is 14.9. The number of anilines is 1. The van der Waals surface area contributed by atoms with Crippen LogP contribution >= 0.6 is 15.9 Å². The van der Waals surface area contributed by atoms with Crippen molar-refractivity contribution >= 4 is 27.5 Å². The summed E-state index contributed by atoms with van der Waals surface area (Å²) in [5.41, 5.74) is 5.13. The summed E-state index contributed by atoms with van der Waals surface area (Å²) < 4.78 is 38.3. The Hall–Kier alpha value is -1.08. The molecular formula is C13H14BrF3N2O. The number of halogens is 4. The smallest absolute Gasteiger partial charge is 0.327 e. The molecule has 3 nitrogen and oxygen atoms in total. The number of carbonyl (C=O) groups excluding carboxylic acids is 1. The SMILES string of the molecule is NC1CCCC1C(=O)Nc1cc(Br)cc(C(F)(F)F)c1. The number of benzene rings is 1. The molecule has 0 heterocycles. The van der Waals surface area contributed by atoms with Crippen LogP contribution in [0.4, 0.5) is 18.9 Å². The quantitative estimate of drug-likeness (QED) is 0.857. The van der Waals surface area contributed by atoms with E-state index in [1.807, 2.05) is 0 Å². The highest BCUT2D eigenvalue weighted by molar-refractivity contribution is 9.10. The van der Waals surface area contributed by atoms with Gasteiger partial charge in [-0.3, -0.25) is 4.79 Å². The lowest BCUT2D eigenvalue weighted by molar-refractivity contribution is -0.137. The minimum absolute atomic E-state index is 0.121. The molecule has 0 spiro atoms. The van der Waals surface area contributed by atoms with Crippen molar-refractivity contribution in [3.63, 3.8) is 0 Å². The van der Waals surface area contributed by atoms with E-state index in [1.165, 1.54) is 6.07 Å². The van der Waals surface area contributed by atoms with Crippen molar-refractivity contribution in [3.05, 3.63) is 28.2 Å². The number of alkyl halides is 3. The maximum absolute atomic E-state index is 12.7. The third-order valence-electron chi connectivity index (χ3n) is 3.40. The molecule has 1 aromatic rings. The molecule has 2 unspecified atom stereocenters. The Labute approximate surface area is 122 Å². The Bertz CT molecular complexity index is 519. The summed E-state index contributed by atoms with van der Waals surface area (Å²) >= 11 is 3.01. The van der Waals surface area contributed by atoms with E-state index >= 15 is 0 Å². The molecule has 20 heavy (non-hydrogen) atoms. The third-order valence-corrected chi connectivity index (χ3v) is 3.86. The fourth-order valence-corrected chi connectivity index (χ4v) is 2.87. The van der Waals surface area contributed by atoms with Gasteiger partial charge in [-0.1, -0.05) is 22.4 Å². The number of carbonyl (C=O) groups is 1. The average Bonchev–Trinajstić information content (AvgIpc) is 2.73. The van der Waals surface area contributed by atoms with Crippen molar-refractivity contribution in [2.75, 3.05) is 5.32 Å². The van der Waals surface area contributed by atoms with Gasteiger partial charge in [0.25, 0.3) is 0 Å². The van der Waals surface area contributed by atoms with E-state index in [2.05, 4.69) is 21.2 Å². The normalized spacial score (nSPS) is 22.9. The van der Waals surface area contributed by atoms with Crippen LogP contribution in [0.1, 0.15) is 24.8 Å². The highest BCUT2D eigenvalue weighted by atomic mass is 79.9. The number of amides is 1. The Morgan fingerprint density at radius 1 is 1.30 bits per heavy atom. The molecule has 1 aromatic carbocycles. The predicted octanol–water partition coefficient (Wildman–Crippen LogP) is 3.53. The van der Waals surface area contributed by atoms with Crippen LogP contribution in [0, 0.1) is 5.92 Å². The molecule has 0 radical (unpaired) electrons. The number of hydrogen-bond acceptors (Lipinski definition) is 2. The van der Waals surface area contributed by atoms with Gasteiger partial charge in [0.15, 0.2) is 0 Å². The zero-order valence-corrected chi connectivity index (χ0v) is 12.1. The van der Waals surface area contributed by atoms with Crippen molar-refractivity contribution in [2.24, 2.45) is 11.7 Å². The molecule has 1 aliphatic rings. The summed E-state index contributed by atoms with van der Waals surface area (Å²) in [6.07, 6.45) is -2.14. The zero-order valence-electron chi connectivity index (χ0n) is 10.5. The Balaban J connectivity index is 2.17. The van der Waals surface area contributed by atoms with Gasteiger partial charge in [0.05, 0.1) is 11.5 Å². The molecule has 0 aliphatic heterocycles. The first kappa shape index (κ1) is 15.3. The summed E-state index contributed by atoms with van der Waals surface area (Å²) in [7, 11) is 0. The molecule has 1 saturated carbocycles. The Morgan fingerprint density at radius 2 is 2.00 bits per heavy atom. The van der Waals surface area contributed by atoms with Crippen LogP contribution in [0.5, 0.6) is 0 Å². The van der Waals surface area contributed by atoms with Gasteiger partial charge in [-0.05, 0) is 31.0 Å². The lowest BCUT2D eigenvalue weighted by atomic mass is 10.0. The highest BCUT2D eigenvalue weighted by Gasteiger charge is 2.33. The maximum Gasteiger partial charge on any atom is 0.416 e. The summed E-state index contributed by atoms with van der Waals surface area (Å²) in [6.45, 7) is 0. The molecule has 2 atom stereocenters. The topological polar surface area (TPSA) is 55.1 Å². The lowest BCUT2D eigenvalue weighted by Crippen LogP contribution is -2.34. The number of nitrogens with two attached hydrogens (primary N) is 1. The molecule has 1 fully saturated rings. The first-order chi connectivity index (χ1) is 9.27. The minimum atomic E-state index is -4.45. The number of hydrogen-bond donors (Lipinski definition) is 2. The van der Waals surface area contributed by atoms with Crippen LogP contribution in [0.3, 0.4) is 0 Å². The first-order valence-corrected chi connectivity index (χ1v) is 7.01. The molecular weight excluding hydrogens is 337 g/mol. The Kier molecular flexibility index (Phi) is 4.39. The van der Waals surface area contributed by atoms with Gasteiger partial charge in [0.2, 0.25) is 5.91 Å². The second kappa shape index (κ2) is 5.73. The lowest BCUT2D eigenvalue weighted by Gasteiger charge is -2.16. The average molecular weight is 351 g/mol. The monoisotopic (exact) mass is 350 g/mol. The maximum atomic E-state index is 12.7. The molecule has 1 aliphatic carbocycles. The second-order valence-electron chi connectivity index (χ2n) is 4.92. The van der Waals surface area contributed by atoms with Gasteiger partial charge in [0.1, 0.15) is 0 Å². The molecule has 3 N–H and O–H groups in total. The van der Waals surface area contributed by atoms with Gasteiger partial charge < -0.3 is 11.1 Å². The van der Waals surface area contributed by atoms with E-state index in [9.17, 15) is 18.0 Å². The van der Waals surface area contributed by atoms with E-state index < -0.39 is 11.7 Å². The van der Waals surface area contributed by atoms with Crippen molar-refractivity contribution < 1.29 is 18.0 Å². The van der Waals surface area contributed by atoms with E-state index in [0.717, 1.165) is 25.0 Å². The van der Waals surface area contributed by atoms with Crippen LogP contribution < -0.4 is 11.1 Å². The van der Waals surface area contributed by atoms with Gasteiger partial charge in [-0.2, -0.15) is 13.2 Å². The molecule has 110 valence electrons. The first-order valence-electron chi connectivity index (χ1n) is 6.21. The van der Waals surface area contributed by atoms with E-state index in [0.29, 0.717) is 6.42 Å². The largest absolute Gasteiger partial charge is 0.416 e. The number of rotatable bonds is 2. The van der Waals surface area contributed by atoms with Crippen LogP contribution in [-0.4, -0.2) is 11.9 Å². The summed E-state index contributed by atoms with van der Waals surface area (Å²) in [6, 6.07) is 3.11. The molecule has 0 bridgehead atoms. The minimum Gasteiger partial charge on any atom is -0.327 e. The molecule has 2 rings (SSSR count). The van der Waals surface area contributed by atoms with Crippen molar-refractivity contribution in [3.8, 4) is 0 Å². The van der Waals surface area contributed by atoms with Gasteiger partial charge in [-0.25, -0.2) is 0 Å². The molecule has 1 amide bonds. The summed E-state index contributed by atoms with van der Waals surface area (Å²) in [5, 5.41) is 2.52. The van der Waals surface area contributed by atoms with E-state index in [-0.39, 0.29) is 28.0 Å². The van der Waals surface area contributed by atoms with Crippen LogP contribution in [0.25, 0.3) is 0 Å². The van der Waals surface area contributed by atoms with Crippen molar-refractivity contribution in [1.82, 2.24) is 0 Å². The van der Waals surface area contributed by atoms with E-state index in [4.69, 9.17) is 5.73 Å². The predicted molar refractivity (Wildman–Crippen MR) is 73.1 cm³/mol. The molecule has 0 aromatic heterocycles. The highest BCUT2D eigenvalue weighted by Crippen LogP contribution is 2.34. The number of nitrogens with one attached hydrogen (secondary N) is 1. The van der Waals surface area contributed by atoms with Gasteiger partial charge in [0, 0.05) is 16.2 Å². The summed E-state index contributed by atoms with van der Waals surface area (Å²) in [4.78, 5) is 12.0. The second-order valence-corrected chi connectivity index (χ2v) is 5.83.